The maximum Gasteiger partial charge on any atom is 0.413 e. The summed E-state index contributed by atoms with van der Waals surface area (Å²) in [5.74, 6) is -0.0736. The van der Waals surface area contributed by atoms with Crippen LogP contribution in [0.5, 0.6) is 0 Å². The number of nitrogens with zero attached hydrogens (tertiary/aromatic N) is 1. The second-order valence-electron chi connectivity index (χ2n) is 7.20. The minimum absolute atomic E-state index is 0.0545. The van der Waals surface area contributed by atoms with Gasteiger partial charge in [-0.05, 0) is 43.9 Å². The molecule has 1 rings (SSSR count). The number of hydrogen-bond acceptors (Lipinski definition) is 5. The van der Waals surface area contributed by atoms with Crippen LogP contribution in [0.25, 0.3) is 0 Å². The molecule has 1 atom stereocenters. The Morgan fingerprint density at radius 3 is 2.14 bits per heavy atom. The molecule has 0 fully saturated rings. The molecular weight excluding hydrogens is 358 g/mol. The van der Waals surface area contributed by atoms with Crippen LogP contribution in [-0.2, 0) is 20.7 Å². The lowest BCUT2D eigenvalue weighted by molar-refractivity contribution is -0.125. The van der Waals surface area contributed by atoms with Gasteiger partial charge < -0.3 is 10.1 Å². The third kappa shape index (κ3) is 8.99. The number of amides is 3. The number of carbonyl (C=O) groups excluding carboxylic acids is 3. The van der Waals surface area contributed by atoms with E-state index in [1.165, 1.54) is 5.56 Å². The Hall–Kier alpha value is -2.41. The summed E-state index contributed by atoms with van der Waals surface area (Å²) in [5, 5.41) is 5.08. The second-order valence-corrected chi connectivity index (χ2v) is 7.20. The van der Waals surface area contributed by atoms with Gasteiger partial charge in [-0.1, -0.05) is 45.0 Å². The molecule has 0 heterocycles. The first kappa shape index (κ1) is 23.6. The molecule has 28 heavy (non-hydrogen) atoms. The minimum atomic E-state index is -0.775. The molecule has 0 spiro atoms. The fraction of sp³-hybridized carbons (Fsp3) is 0.571. The number of alkyl carbamates (subject to hydrolysis) is 1. The van der Waals surface area contributed by atoms with Crippen LogP contribution in [0, 0.1) is 5.92 Å². The molecule has 0 saturated heterocycles. The van der Waals surface area contributed by atoms with Crippen LogP contribution in [0.4, 0.5) is 4.79 Å². The lowest BCUT2D eigenvalue weighted by Gasteiger charge is -2.21. The standard InChI is InChI=1S/C21H33N3O4/c1-6-24(14-20(26)23-21(27)28-7-2)13-19(25)22-16(5)18-10-8-17(9-11-18)12-15(3)4/h8-11,15-16H,6-7,12-14H2,1-5H3,(H,22,25)(H,23,26,27)/t16-/m1/s1. The summed E-state index contributed by atoms with van der Waals surface area (Å²) in [5.41, 5.74) is 2.31. The quantitative estimate of drug-likeness (QED) is 0.640. The zero-order valence-corrected chi connectivity index (χ0v) is 17.6. The average Bonchev–Trinajstić information content (AvgIpc) is 2.61. The first-order valence-electron chi connectivity index (χ1n) is 9.82. The third-order valence-corrected chi connectivity index (χ3v) is 4.20. The van der Waals surface area contributed by atoms with Gasteiger partial charge >= 0.3 is 6.09 Å². The van der Waals surface area contributed by atoms with E-state index in [-0.39, 0.29) is 31.6 Å². The van der Waals surface area contributed by atoms with Gasteiger partial charge in [-0.25, -0.2) is 4.79 Å². The van der Waals surface area contributed by atoms with Gasteiger partial charge in [0.05, 0.1) is 25.7 Å². The normalized spacial score (nSPS) is 12.0. The maximum atomic E-state index is 12.3. The monoisotopic (exact) mass is 391 g/mol. The molecule has 0 bridgehead atoms. The molecule has 1 aromatic rings. The van der Waals surface area contributed by atoms with E-state index in [1.54, 1.807) is 11.8 Å². The lowest BCUT2D eigenvalue weighted by Crippen LogP contribution is -2.44. The van der Waals surface area contributed by atoms with E-state index >= 15 is 0 Å². The molecule has 0 radical (unpaired) electrons. The van der Waals surface area contributed by atoms with Crippen LogP contribution in [0.2, 0.25) is 0 Å². The highest BCUT2D eigenvalue weighted by atomic mass is 16.5. The van der Waals surface area contributed by atoms with E-state index < -0.39 is 12.0 Å². The molecule has 0 aliphatic carbocycles. The van der Waals surface area contributed by atoms with Crippen molar-refractivity contribution in [2.75, 3.05) is 26.2 Å². The molecule has 0 unspecified atom stereocenters. The Balaban J connectivity index is 2.51. The molecule has 0 aromatic heterocycles. The van der Waals surface area contributed by atoms with E-state index in [0.29, 0.717) is 12.5 Å². The Labute approximate surface area is 167 Å². The van der Waals surface area contributed by atoms with Crippen molar-refractivity contribution in [1.29, 1.82) is 0 Å². The van der Waals surface area contributed by atoms with E-state index in [4.69, 9.17) is 0 Å². The smallest absolute Gasteiger partial charge is 0.413 e. The molecule has 1 aromatic carbocycles. The number of carbonyl (C=O) groups is 3. The summed E-state index contributed by atoms with van der Waals surface area (Å²) in [6.07, 6.45) is 0.253. The number of hydrogen-bond donors (Lipinski definition) is 2. The predicted molar refractivity (Wildman–Crippen MR) is 109 cm³/mol. The van der Waals surface area contributed by atoms with Crippen molar-refractivity contribution in [3.05, 3.63) is 35.4 Å². The Morgan fingerprint density at radius 1 is 1.00 bits per heavy atom. The van der Waals surface area contributed by atoms with Gasteiger partial charge in [-0.2, -0.15) is 0 Å². The van der Waals surface area contributed by atoms with Crippen LogP contribution < -0.4 is 10.6 Å². The summed E-state index contributed by atoms with van der Waals surface area (Å²) in [4.78, 5) is 37.1. The molecule has 7 heteroatoms. The van der Waals surface area contributed by atoms with Crippen molar-refractivity contribution in [2.24, 2.45) is 5.92 Å². The van der Waals surface area contributed by atoms with Gasteiger partial charge in [0.2, 0.25) is 11.8 Å². The van der Waals surface area contributed by atoms with Crippen molar-refractivity contribution < 1.29 is 19.1 Å². The SMILES string of the molecule is CCOC(=O)NC(=O)CN(CC)CC(=O)N[C@H](C)c1ccc(CC(C)C)cc1. The van der Waals surface area contributed by atoms with Gasteiger partial charge in [0.25, 0.3) is 0 Å². The van der Waals surface area contributed by atoms with E-state index in [0.717, 1.165) is 12.0 Å². The molecule has 156 valence electrons. The fourth-order valence-corrected chi connectivity index (χ4v) is 2.79. The second kappa shape index (κ2) is 12.1. The summed E-state index contributed by atoms with van der Waals surface area (Å²) in [6, 6.07) is 8.12. The zero-order chi connectivity index (χ0) is 21.1. The van der Waals surface area contributed by atoms with Gasteiger partial charge in [0.1, 0.15) is 0 Å². The zero-order valence-electron chi connectivity index (χ0n) is 17.6. The molecule has 0 aliphatic rings. The molecule has 0 saturated carbocycles. The van der Waals surface area contributed by atoms with Gasteiger partial charge in [0.15, 0.2) is 0 Å². The number of ether oxygens (including phenoxy) is 1. The number of imide groups is 1. The van der Waals surface area contributed by atoms with Crippen LogP contribution in [0.1, 0.15) is 51.8 Å². The van der Waals surface area contributed by atoms with Crippen molar-refractivity contribution in [3.8, 4) is 0 Å². The largest absolute Gasteiger partial charge is 0.450 e. The summed E-state index contributed by atoms with van der Waals surface area (Å²) < 4.78 is 4.67. The van der Waals surface area contributed by atoms with Gasteiger partial charge in [-0.15, -0.1) is 0 Å². The number of rotatable bonds is 10. The highest BCUT2D eigenvalue weighted by Gasteiger charge is 2.17. The first-order chi connectivity index (χ1) is 13.2. The van der Waals surface area contributed by atoms with Crippen molar-refractivity contribution in [1.82, 2.24) is 15.5 Å². The first-order valence-corrected chi connectivity index (χ1v) is 9.82. The summed E-state index contributed by atoms with van der Waals surface area (Å²) in [7, 11) is 0. The molecule has 7 nitrogen and oxygen atoms in total. The average molecular weight is 392 g/mol. The van der Waals surface area contributed by atoms with E-state index in [2.05, 4.69) is 41.4 Å². The summed E-state index contributed by atoms with van der Waals surface area (Å²) >= 11 is 0. The van der Waals surface area contributed by atoms with Crippen molar-refractivity contribution in [2.45, 2.75) is 47.1 Å². The Bertz CT molecular complexity index is 644. The lowest BCUT2D eigenvalue weighted by atomic mass is 10.00. The van der Waals surface area contributed by atoms with Crippen molar-refractivity contribution in [3.63, 3.8) is 0 Å². The number of benzene rings is 1. The Morgan fingerprint density at radius 2 is 1.61 bits per heavy atom. The number of likely N-dealkylation sites (N-methyl/N-ethyl adjacent to an activating group) is 1. The summed E-state index contributed by atoms with van der Waals surface area (Å²) in [6.45, 7) is 10.5. The fourth-order valence-electron chi connectivity index (χ4n) is 2.79. The maximum absolute atomic E-state index is 12.3. The van der Waals surface area contributed by atoms with Crippen LogP contribution >= 0.6 is 0 Å². The highest BCUT2D eigenvalue weighted by molar-refractivity contribution is 5.93. The Kier molecular flexibility index (Phi) is 10.2. The minimum Gasteiger partial charge on any atom is -0.450 e. The topological polar surface area (TPSA) is 87.7 Å². The van der Waals surface area contributed by atoms with E-state index in [1.807, 2.05) is 26.0 Å². The van der Waals surface area contributed by atoms with Crippen LogP contribution in [0.3, 0.4) is 0 Å². The van der Waals surface area contributed by atoms with Crippen LogP contribution in [0.15, 0.2) is 24.3 Å². The van der Waals surface area contributed by atoms with Gasteiger partial charge in [0, 0.05) is 0 Å². The molecule has 3 amide bonds. The third-order valence-electron chi connectivity index (χ3n) is 4.20. The van der Waals surface area contributed by atoms with Gasteiger partial charge in [-0.3, -0.25) is 19.8 Å². The predicted octanol–water partition coefficient (Wildman–Crippen LogP) is 2.66. The molecular formula is C21H33N3O4. The molecule has 2 N–H and O–H groups in total. The van der Waals surface area contributed by atoms with E-state index in [9.17, 15) is 14.4 Å². The van der Waals surface area contributed by atoms with Crippen LogP contribution in [-0.4, -0.2) is 49.0 Å². The molecule has 0 aliphatic heterocycles. The highest BCUT2D eigenvalue weighted by Crippen LogP contribution is 2.15. The number of nitrogens with one attached hydrogen (secondary N) is 2. The van der Waals surface area contributed by atoms with Crippen molar-refractivity contribution >= 4 is 17.9 Å².